The van der Waals surface area contributed by atoms with Crippen LogP contribution in [-0.4, -0.2) is 35.3 Å². The Morgan fingerprint density at radius 2 is 2.29 bits per heavy atom. The standard InChI is InChI=1S/C9H19N3O2/c10-9(12-14)4-5-11-8-3-1-2-7(8)6-13/h7-8,11,13-14H,1-6H2,(H2,10,12). The molecule has 0 aromatic carbocycles. The van der Waals surface area contributed by atoms with Crippen LogP contribution in [0.15, 0.2) is 5.16 Å². The molecule has 0 heterocycles. The first-order valence-corrected chi connectivity index (χ1v) is 5.08. The molecule has 5 heteroatoms. The van der Waals surface area contributed by atoms with Gasteiger partial charge in [0.15, 0.2) is 0 Å². The summed E-state index contributed by atoms with van der Waals surface area (Å²) >= 11 is 0. The van der Waals surface area contributed by atoms with Crippen molar-refractivity contribution in [3.63, 3.8) is 0 Å². The molecule has 5 nitrogen and oxygen atoms in total. The number of oxime groups is 1. The maximum atomic E-state index is 9.06. The highest BCUT2D eigenvalue weighted by Gasteiger charge is 2.25. The van der Waals surface area contributed by atoms with Crippen LogP contribution in [0.2, 0.25) is 0 Å². The van der Waals surface area contributed by atoms with Crippen LogP contribution in [0.25, 0.3) is 0 Å². The van der Waals surface area contributed by atoms with Crippen molar-refractivity contribution in [3.8, 4) is 0 Å². The SMILES string of the molecule is NC(CCNC1CCCC1CO)=NO. The Balaban J connectivity index is 2.17. The van der Waals surface area contributed by atoms with Crippen molar-refractivity contribution in [3.05, 3.63) is 0 Å². The van der Waals surface area contributed by atoms with Crippen LogP contribution < -0.4 is 11.1 Å². The Morgan fingerprint density at radius 1 is 1.50 bits per heavy atom. The van der Waals surface area contributed by atoms with Gasteiger partial charge in [0.05, 0.1) is 0 Å². The van der Waals surface area contributed by atoms with E-state index in [1.807, 2.05) is 0 Å². The summed E-state index contributed by atoms with van der Waals surface area (Å²) in [6.45, 7) is 0.957. The van der Waals surface area contributed by atoms with E-state index in [1.54, 1.807) is 0 Å². The second-order valence-corrected chi connectivity index (χ2v) is 3.78. The van der Waals surface area contributed by atoms with Crippen molar-refractivity contribution in [1.29, 1.82) is 0 Å². The third-order valence-corrected chi connectivity index (χ3v) is 2.81. The number of hydrogen-bond donors (Lipinski definition) is 4. The highest BCUT2D eigenvalue weighted by atomic mass is 16.4. The topological polar surface area (TPSA) is 90.9 Å². The smallest absolute Gasteiger partial charge is 0.140 e. The zero-order valence-electron chi connectivity index (χ0n) is 8.32. The van der Waals surface area contributed by atoms with Crippen molar-refractivity contribution in [2.45, 2.75) is 31.7 Å². The van der Waals surface area contributed by atoms with E-state index in [1.165, 1.54) is 6.42 Å². The minimum atomic E-state index is 0.246. The maximum absolute atomic E-state index is 9.06. The van der Waals surface area contributed by atoms with E-state index in [-0.39, 0.29) is 12.4 Å². The van der Waals surface area contributed by atoms with E-state index in [9.17, 15) is 0 Å². The van der Waals surface area contributed by atoms with Crippen LogP contribution in [0.5, 0.6) is 0 Å². The molecule has 1 aliphatic carbocycles. The average molecular weight is 201 g/mol. The Bertz CT molecular complexity index is 196. The van der Waals surface area contributed by atoms with Crippen molar-refractivity contribution < 1.29 is 10.3 Å². The van der Waals surface area contributed by atoms with Gasteiger partial charge in [-0.25, -0.2) is 0 Å². The van der Waals surface area contributed by atoms with Crippen molar-refractivity contribution >= 4 is 5.84 Å². The number of nitrogens with zero attached hydrogens (tertiary/aromatic N) is 1. The van der Waals surface area contributed by atoms with E-state index in [2.05, 4.69) is 10.5 Å². The fraction of sp³-hybridized carbons (Fsp3) is 0.889. The second-order valence-electron chi connectivity index (χ2n) is 3.78. The zero-order chi connectivity index (χ0) is 10.4. The first-order chi connectivity index (χ1) is 6.77. The van der Waals surface area contributed by atoms with Crippen LogP contribution in [0.4, 0.5) is 0 Å². The Hall–Kier alpha value is -0.810. The zero-order valence-corrected chi connectivity index (χ0v) is 8.32. The molecule has 14 heavy (non-hydrogen) atoms. The number of aliphatic hydroxyl groups excluding tert-OH is 1. The van der Waals surface area contributed by atoms with Gasteiger partial charge in [-0.15, -0.1) is 0 Å². The van der Waals surface area contributed by atoms with E-state index in [0.717, 1.165) is 12.8 Å². The highest BCUT2D eigenvalue weighted by Crippen LogP contribution is 2.24. The summed E-state index contributed by atoms with van der Waals surface area (Å²) in [5, 5.41) is 23.6. The number of rotatable bonds is 5. The van der Waals surface area contributed by atoms with Gasteiger partial charge in [-0.3, -0.25) is 0 Å². The van der Waals surface area contributed by atoms with Crippen molar-refractivity contribution in [2.75, 3.05) is 13.2 Å². The molecule has 1 saturated carbocycles. The lowest BCUT2D eigenvalue weighted by molar-refractivity contribution is 0.206. The Morgan fingerprint density at radius 3 is 2.93 bits per heavy atom. The second kappa shape index (κ2) is 5.82. The van der Waals surface area contributed by atoms with Gasteiger partial charge in [0.1, 0.15) is 5.84 Å². The molecule has 2 atom stereocenters. The molecule has 0 radical (unpaired) electrons. The Labute approximate surface area is 84.0 Å². The molecule has 0 aromatic rings. The maximum Gasteiger partial charge on any atom is 0.140 e. The van der Waals surface area contributed by atoms with Gasteiger partial charge in [-0.05, 0) is 18.8 Å². The molecule has 1 rings (SSSR count). The number of amidine groups is 1. The largest absolute Gasteiger partial charge is 0.409 e. The summed E-state index contributed by atoms with van der Waals surface area (Å²) < 4.78 is 0. The molecular formula is C9H19N3O2. The monoisotopic (exact) mass is 201 g/mol. The average Bonchev–Trinajstić information content (AvgIpc) is 2.65. The molecule has 0 aromatic heterocycles. The molecule has 82 valence electrons. The van der Waals surface area contributed by atoms with E-state index >= 15 is 0 Å². The lowest BCUT2D eigenvalue weighted by Gasteiger charge is -2.18. The number of hydrogen-bond acceptors (Lipinski definition) is 4. The minimum Gasteiger partial charge on any atom is -0.409 e. The Kier molecular flexibility index (Phi) is 4.69. The third-order valence-electron chi connectivity index (χ3n) is 2.81. The number of nitrogens with two attached hydrogens (primary N) is 1. The summed E-state index contributed by atoms with van der Waals surface area (Å²) in [4.78, 5) is 0. The quantitative estimate of drug-likeness (QED) is 0.216. The normalized spacial score (nSPS) is 28.2. The predicted octanol–water partition coefficient (Wildman–Crippen LogP) is -0.126. The first kappa shape index (κ1) is 11.3. The van der Waals surface area contributed by atoms with Gasteiger partial charge >= 0.3 is 0 Å². The minimum absolute atomic E-state index is 0.246. The summed E-state index contributed by atoms with van der Waals surface area (Å²) in [6.07, 6.45) is 3.93. The van der Waals surface area contributed by atoms with Gasteiger partial charge in [0.2, 0.25) is 0 Å². The van der Waals surface area contributed by atoms with Crippen LogP contribution >= 0.6 is 0 Å². The van der Waals surface area contributed by atoms with Gasteiger partial charge in [0.25, 0.3) is 0 Å². The lowest BCUT2D eigenvalue weighted by atomic mass is 10.1. The summed E-state index contributed by atoms with van der Waals surface area (Å²) in [7, 11) is 0. The molecule has 0 spiro atoms. The molecular weight excluding hydrogens is 182 g/mol. The molecule has 1 aliphatic rings. The number of aliphatic hydroxyl groups is 1. The van der Waals surface area contributed by atoms with Crippen LogP contribution in [-0.2, 0) is 0 Å². The molecule has 0 saturated heterocycles. The number of nitrogens with one attached hydrogen (secondary N) is 1. The molecule has 2 unspecified atom stereocenters. The first-order valence-electron chi connectivity index (χ1n) is 5.08. The fourth-order valence-corrected chi connectivity index (χ4v) is 1.96. The molecule has 0 amide bonds. The van der Waals surface area contributed by atoms with Crippen molar-refractivity contribution in [2.24, 2.45) is 16.8 Å². The summed E-state index contributed by atoms with van der Waals surface area (Å²) in [5.41, 5.74) is 5.34. The molecule has 5 N–H and O–H groups in total. The highest BCUT2D eigenvalue weighted by molar-refractivity contribution is 5.79. The predicted molar refractivity (Wildman–Crippen MR) is 54.2 cm³/mol. The van der Waals surface area contributed by atoms with Crippen LogP contribution in [0.1, 0.15) is 25.7 Å². The molecule has 0 bridgehead atoms. The van der Waals surface area contributed by atoms with E-state index < -0.39 is 0 Å². The van der Waals surface area contributed by atoms with Crippen LogP contribution in [0, 0.1) is 5.92 Å². The van der Waals surface area contributed by atoms with Gasteiger partial charge in [-0.2, -0.15) is 0 Å². The van der Waals surface area contributed by atoms with Gasteiger partial charge in [0, 0.05) is 25.6 Å². The van der Waals surface area contributed by atoms with Gasteiger partial charge in [-0.1, -0.05) is 11.6 Å². The summed E-state index contributed by atoms with van der Waals surface area (Å²) in [5.74, 6) is 0.623. The van der Waals surface area contributed by atoms with E-state index in [4.69, 9.17) is 16.0 Å². The van der Waals surface area contributed by atoms with Crippen molar-refractivity contribution in [1.82, 2.24) is 5.32 Å². The third kappa shape index (κ3) is 3.16. The fourth-order valence-electron chi connectivity index (χ4n) is 1.96. The summed E-state index contributed by atoms with van der Waals surface area (Å²) in [6, 6.07) is 0.395. The molecule has 0 aliphatic heterocycles. The lowest BCUT2D eigenvalue weighted by Crippen LogP contribution is -2.36. The van der Waals surface area contributed by atoms with Gasteiger partial charge < -0.3 is 21.4 Å². The molecule has 1 fully saturated rings. The van der Waals surface area contributed by atoms with Crippen LogP contribution in [0.3, 0.4) is 0 Å². The van der Waals surface area contributed by atoms with E-state index in [0.29, 0.717) is 24.9 Å².